The highest BCUT2D eigenvalue weighted by molar-refractivity contribution is 5.81. The molecule has 0 aromatic carbocycles. The van der Waals surface area contributed by atoms with Gasteiger partial charge in [-0.3, -0.25) is 0 Å². The molecule has 0 bridgehead atoms. The van der Waals surface area contributed by atoms with Crippen LogP contribution < -0.4 is 5.32 Å². The van der Waals surface area contributed by atoms with Gasteiger partial charge in [-0.1, -0.05) is 16.9 Å². The maximum Gasteiger partial charge on any atom is 0.186 e. The third-order valence-electron chi connectivity index (χ3n) is 3.80. The van der Waals surface area contributed by atoms with Crippen LogP contribution in [0.3, 0.4) is 0 Å². The lowest BCUT2D eigenvalue weighted by Crippen LogP contribution is -2.33. The van der Waals surface area contributed by atoms with Gasteiger partial charge in [0.15, 0.2) is 23.2 Å². The van der Waals surface area contributed by atoms with Crippen molar-refractivity contribution in [1.29, 1.82) is 0 Å². The first-order valence-electron chi connectivity index (χ1n) is 7.58. The predicted octanol–water partition coefficient (Wildman–Crippen LogP) is -0.789. The maximum absolute atomic E-state index is 10.1. The van der Waals surface area contributed by atoms with Crippen LogP contribution in [0.2, 0.25) is 0 Å². The molecule has 4 unspecified atom stereocenters. The fourth-order valence-corrected chi connectivity index (χ4v) is 2.50. The van der Waals surface area contributed by atoms with Gasteiger partial charge >= 0.3 is 0 Å². The van der Waals surface area contributed by atoms with Crippen molar-refractivity contribution in [2.75, 3.05) is 18.5 Å². The summed E-state index contributed by atoms with van der Waals surface area (Å²) in [7, 11) is 0. The van der Waals surface area contributed by atoms with Crippen LogP contribution in [0, 0.1) is 0 Å². The Morgan fingerprint density at radius 1 is 1.33 bits per heavy atom. The zero-order chi connectivity index (χ0) is 17.3. The van der Waals surface area contributed by atoms with Crippen molar-refractivity contribution in [3.05, 3.63) is 18.0 Å². The first-order valence-corrected chi connectivity index (χ1v) is 7.58. The Bertz CT molecular complexity index is 744. The van der Waals surface area contributed by atoms with E-state index in [0.717, 1.165) is 0 Å². The molecule has 2 aromatic heterocycles. The molecular weight excluding hydrogens is 316 g/mol. The predicted molar refractivity (Wildman–Crippen MR) is 84.0 cm³/mol. The molecule has 10 heteroatoms. The number of aliphatic hydroxyl groups is 3. The number of allylic oxidation sites excluding steroid dienone is 1. The number of rotatable bonds is 5. The molecule has 2 aromatic rings. The number of fused-ring (bicyclic) bond motifs is 1. The zero-order valence-corrected chi connectivity index (χ0v) is 13.4. The van der Waals surface area contributed by atoms with Crippen LogP contribution in [0.25, 0.3) is 11.2 Å². The largest absolute Gasteiger partial charge is 0.394 e. The van der Waals surface area contributed by atoms with Gasteiger partial charge in [0.25, 0.3) is 0 Å². The average molecular weight is 336 g/mol. The van der Waals surface area contributed by atoms with Gasteiger partial charge in [0.2, 0.25) is 0 Å². The number of ether oxygens (including phenoxy) is 1. The number of aromatic nitrogens is 5. The highest BCUT2D eigenvalue weighted by atomic mass is 16.6. The molecule has 1 aliphatic heterocycles. The van der Waals surface area contributed by atoms with Crippen LogP contribution >= 0.6 is 0 Å². The van der Waals surface area contributed by atoms with E-state index in [1.807, 2.05) is 19.9 Å². The van der Waals surface area contributed by atoms with Crippen molar-refractivity contribution in [2.45, 2.75) is 38.4 Å². The lowest BCUT2D eigenvalue weighted by Gasteiger charge is -2.14. The minimum atomic E-state index is -1.25. The third-order valence-corrected chi connectivity index (χ3v) is 3.80. The first kappa shape index (κ1) is 16.7. The van der Waals surface area contributed by atoms with Crippen LogP contribution in [-0.2, 0) is 4.74 Å². The second-order valence-electron chi connectivity index (χ2n) is 5.82. The molecule has 10 nitrogen and oxygen atoms in total. The summed E-state index contributed by atoms with van der Waals surface area (Å²) >= 11 is 0. The number of anilines is 1. The van der Waals surface area contributed by atoms with E-state index in [1.165, 1.54) is 16.6 Å². The Hall–Kier alpha value is -2.14. The van der Waals surface area contributed by atoms with Crippen LogP contribution in [-0.4, -0.2) is 71.7 Å². The molecule has 24 heavy (non-hydrogen) atoms. The SMILES string of the molecule is CC(C)=CCNc1ncnc2c1nnn2C1OC(CO)C(O)C1O. The second kappa shape index (κ2) is 6.77. The standard InChI is InChI=1S/C14H20N6O4/c1-7(2)3-4-15-12-9-13(17-6-16-12)20(19-18-9)14-11(23)10(22)8(5-21)24-14/h3,6,8,10-11,14,21-23H,4-5H2,1-2H3,(H,15,16,17). The summed E-state index contributed by atoms with van der Waals surface area (Å²) < 4.78 is 6.74. The van der Waals surface area contributed by atoms with Crippen molar-refractivity contribution in [3.8, 4) is 0 Å². The summed E-state index contributed by atoms with van der Waals surface area (Å²) in [5, 5.41) is 40.3. The molecule has 4 N–H and O–H groups in total. The minimum Gasteiger partial charge on any atom is -0.394 e. The molecule has 1 saturated heterocycles. The van der Waals surface area contributed by atoms with E-state index < -0.39 is 31.1 Å². The summed E-state index contributed by atoms with van der Waals surface area (Å²) in [6, 6.07) is 0. The van der Waals surface area contributed by atoms with Crippen molar-refractivity contribution in [2.24, 2.45) is 0 Å². The number of aliphatic hydroxyl groups excluding tert-OH is 3. The van der Waals surface area contributed by atoms with E-state index in [4.69, 9.17) is 4.74 Å². The lowest BCUT2D eigenvalue weighted by atomic mass is 10.1. The summed E-state index contributed by atoms with van der Waals surface area (Å²) in [5.74, 6) is 0.510. The van der Waals surface area contributed by atoms with Gasteiger partial charge in [-0.2, -0.15) is 4.68 Å². The molecule has 0 amide bonds. The van der Waals surface area contributed by atoms with Gasteiger partial charge in [0.05, 0.1) is 6.61 Å². The molecule has 0 saturated carbocycles. The molecule has 3 rings (SSSR count). The van der Waals surface area contributed by atoms with Crippen LogP contribution in [0.1, 0.15) is 20.1 Å². The average Bonchev–Trinajstić information content (AvgIpc) is 3.10. The Kier molecular flexibility index (Phi) is 4.71. The summed E-state index contributed by atoms with van der Waals surface area (Å²) in [4.78, 5) is 8.28. The molecule has 0 spiro atoms. The molecule has 1 aliphatic rings. The molecule has 0 radical (unpaired) electrons. The quantitative estimate of drug-likeness (QED) is 0.517. The zero-order valence-electron chi connectivity index (χ0n) is 13.4. The van der Waals surface area contributed by atoms with Crippen LogP contribution in [0.4, 0.5) is 5.82 Å². The molecule has 1 fully saturated rings. The van der Waals surface area contributed by atoms with E-state index in [1.54, 1.807) is 0 Å². The fraction of sp³-hybridized carbons (Fsp3) is 0.571. The summed E-state index contributed by atoms with van der Waals surface area (Å²) in [6.07, 6.45) is -0.969. The number of nitrogens with one attached hydrogen (secondary N) is 1. The Balaban J connectivity index is 1.90. The highest BCUT2D eigenvalue weighted by Crippen LogP contribution is 2.31. The first-order chi connectivity index (χ1) is 11.5. The van der Waals surface area contributed by atoms with Gasteiger partial charge in [-0.15, -0.1) is 5.10 Å². The van der Waals surface area contributed by atoms with E-state index in [-0.39, 0.29) is 0 Å². The smallest absolute Gasteiger partial charge is 0.186 e. The normalized spacial score (nSPS) is 26.7. The fourth-order valence-electron chi connectivity index (χ4n) is 2.50. The topological polar surface area (TPSA) is 138 Å². The van der Waals surface area contributed by atoms with Crippen molar-refractivity contribution < 1.29 is 20.1 Å². The molecular formula is C14H20N6O4. The minimum absolute atomic E-state index is 0.361. The monoisotopic (exact) mass is 336 g/mol. The van der Waals surface area contributed by atoms with Gasteiger partial charge in [-0.05, 0) is 13.8 Å². The van der Waals surface area contributed by atoms with Gasteiger partial charge in [-0.25, -0.2) is 9.97 Å². The summed E-state index contributed by atoms with van der Waals surface area (Å²) in [6.45, 7) is 4.16. The van der Waals surface area contributed by atoms with Crippen molar-refractivity contribution in [1.82, 2.24) is 25.0 Å². The Morgan fingerprint density at radius 2 is 2.12 bits per heavy atom. The van der Waals surface area contributed by atoms with Crippen LogP contribution in [0.15, 0.2) is 18.0 Å². The maximum atomic E-state index is 10.1. The highest BCUT2D eigenvalue weighted by Gasteiger charge is 2.44. The van der Waals surface area contributed by atoms with Gasteiger partial charge in [0, 0.05) is 6.54 Å². The van der Waals surface area contributed by atoms with Crippen molar-refractivity contribution in [3.63, 3.8) is 0 Å². The number of hydrogen-bond acceptors (Lipinski definition) is 9. The third kappa shape index (κ3) is 2.96. The van der Waals surface area contributed by atoms with E-state index in [9.17, 15) is 15.3 Å². The van der Waals surface area contributed by atoms with Crippen molar-refractivity contribution >= 4 is 17.0 Å². The van der Waals surface area contributed by atoms with Gasteiger partial charge < -0.3 is 25.4 Å². The number of hydrogen-bond donors (Lipinski definition) is 4. The van der Waals surface area contributed by atoms with Gasteiger partial charge in [0.1, 0.15) is 24.6 Å². The second-order valence-corrected chi connectivity index (χ2v) is 5.82. The Labute approximate surface area is 137 Å². The van der Waals surface area contributed by atoms with E-state index >= 15 is 0 Å². The Morgan fingerprint density at radius 3 is 2.79 bits per heavy atom. The summed E-state index contributed by atoms with van der Waals surface area (Å²) in [5.41, 5.74) is 1.96. The lowest BCUT2D eigenvalue weighted by molar-refractivity contribution is -0.0574. The molecule has 3 heterocycles. The van der Waals surface area contributed by atoms with Crippen LogP contribution in [0.5, 0.6) is 0 Å². The van der Waals surface area contributed by atoms with E-state index in [0.29, 0.717) is 23.5 Å². The van der Waals surface area contributed by atoms with E-state index in [2.05, 4.69) is 25.6 Å². The molecule has 4 atom stereocenters. The number of nitrogens with zero attached hydrogens (tertiary/aromatic N) is 5. The molecule has 130 valence electrons. The molecule has 0 aliphatic carbocycles.